The van der Waals surface area contributed by atoms with Gasteiger partial charge in [-0.3, -0.25) is 4.98 Å². The molecule has 0 amide bonds. The molecule has 0 unspecified atom stereocenters. The van der Waals surface area contributed by atoms with Crippen molar-refractivity contribution in [3.8, 4) is 0 Å². The zero-order valence-corrected chi connectivity index (χ0v) is 11.8. The van der Waals surface area contributed by atoms with Gasteiger partial charge in [0.1, 0.15) is 0 Å². The molecule has 0 aliphatic carbocycles. The van der Waals surface area contributed by atoms with E-state index >= 15 is 0 Å². The van der Waals surface area contributed by atoms with E-state index in [1.54, 1.807) is 23.5 Å². The van der Waals surface area contributed by atoms with Crippen LogP contribution in [0.15, 0.2) is 33.5 Å². The number of nitrogens with two attached hydrogens (primary N) is 1. The highest BCUT2D eigenvalue weighted by atomic mass is 32.1. The predicted octanol–water partition coefficient (Wildman–Crippen LogP) is 2.94. The van der Waals surface area contributed by atoms with E-state index in [2.05, 4.69) is 29.4 Å². The fraction of sp³-hybridized carbons (Fsp3) is 0.214. The van der Waals surface area contributed by atoms with Crippen LogP contribution in [0.25, 0.3) is 11.1 Å². The van der Waals surface area contributed by atoms with Crippen molar-refractivity contribution in [3.05, 3.63) is 44.6 Å². The molecule has 0 atom stereocenters. The van der Waals surface area contributed by atoms with Crippen LogP contribution in [0.1, 0.15) is 16.7 Å². The number of aromatic amines is 1. The van der Waals surface area contributed by atoms with E-state index < -0.39 is 5.76 Å². The lowest BCUT2D eigenvalue weighted by Gasteiger charge is -2.07. The van der Waals surface area contributed by atoms with E-state index in [1.165, 1.54) is 9.75 Å². The minimum Gasteiger partial charge on any atom is -0.408 e. The maximum atomic E-state index is 11.1. The molecule has 0 bridgehead atoms. The summed E-state index contributed by atoms with van der Waals surface area (Å²) in [4.78, 5) is 16.4. The van der Waals surface area contributed by atoms with E-state index in [0.29, 0.717) is 23.3 Å². The third kappa shape index (κ3) is 2.42. The molecule has 0 aliphatic rings. The molecule has 5 nitrogen and oxygen atoms in total. The predicted molar refractivity (Wildman–Crippen MR) is 82.3 cm³/mol. The van der Waals surface area contributed by atoms with Crippen LogP contribution in [0.2, 0.25) is 0 Å². The van der Waals surface area contributed by atoms with E-state index in [-0.39, 0.29) is 0 Å². The number of thiophene rings is 1. The third-order valence-corrected chi connectivity index (χ3v) is 4.34. The van der Waals surface area contributed by atoms with Crippen LogP contribution in [0.4, 0.5) is 11.4 Å². The molecule has 0 saturated carbocycles. The molecule has 2 heterocycles. The zero-order valence-electron chi connectivity index (χ0n) is 11.0. The van der Waals surface area contributed by atoms with Gasteiger partial charge in [-0.1, -0.05) is 6.92 Å². The van der Waals surface area contributed by atoms with Crippen molar-refractivity contribution in [1.29, 1.82) is 0 Å². The Kier molecular flexibility index (Phi) is 3.23. The van der Waals surface area contributed by atoms with Gasteiger partial charge < -0.3 is 15.5 Å². The first-order valence-corrected chi connectivity index (χ1v) is 7.21. The Morgan fingerprint density at radius 3 is 2.90 bits per heavy atom. The molecule has 3 aromatic rings. The standard InChI is InChI=1S/C14H15N3O2S/c1-2-8-3-4-9(20-8)7-16-11-6-12-13(5-10(11)15)19-14(18)17-12/h3-6,16H,2,7,15H2,1H3,(H,17,18). The Hall–Kier alpha value is -2.21. The van der Waals surface area contributed by atoms with Crippen LogP contribution in [0, 0.1) is 0 Å². The molecule has 20 heavy (non-hydrogen) atoms. The lowest BCUT2D eigenvalue weighted by molar-refractivity contribution is 0.555. The van der Waals surface area contributed by atoms with Crippen molar-refractivity contribution in [3.63, 3.8) is 0 Å². The van der Waals surface area contributed by atoms with Gasteiger partial charge in [0, 0.05) is 22.4 Å². The van der Waals surface area contributed by atoms with Crippen LogP contribution >= 0.6 is 11.3 Å². The van der Waals surface area contributed by atoms with Crippen LogP contribution in [-0.2, 0) is 13.0 Å². The maximum Gasteiger partial charge on any atom is 0.417 e. The molecular formula is C14H15N3O2S. The summed E-state index contributed by atoms with van der Waals surface area (Å²) >= 11 is 1.79. The number of hydrogen-bond donors (Lipinski definition) is 3. The number of hydrogen-bond acceptors (Lipinski definition) is 5. The second-order valence-corrected chi connectivity index (χ2v) is 5.78. The van der Waals surface area contributed by atoms with Gasteiger partial charge in [0.25, 0.3) is 0 Å². The lowest BCUT2D eigenvalue weighted by atomic mass is 10.2. The minimum absolute atomic E-state index is 0.470. The number of anilines is 2. The minimum atomic E-state index is -0.470. The van der Waals surface area contributed by atoms with Crippen molar-refractivity contribution in [2.45, 2.75) is 19.9 Å². The Labute approximate surface area is 119 Å². The topological polar surface area (TPSA) is 84.0 Å². The summed E-state index contributed by atoms with van der Waals surface area (Å²) < 4.78 is 4.97. The highest BCUT2D eigenvalue weighted by Crippen LogP contribution is 2.26. The lowest BCUT2D eigenvalue weighted by Crippen LogP contribution is -2.01. The number of fused-ring (bicyclic) bond motifs is 1. The van der Waals surface area contributed by atoms with Crippen molar-refractivity contribution < 1.29 is 4.42 Å². The summed E-state index contributed by atoms with van der Waals surface area (Å²) in [5.41, 5.74) is 8.43. The van der Waals surface area contributed by atoms with Gasteiger partial charge in [-0.2, -0.15) is 0 Å². The van der Waals surface area contributed by atoms with Gasteiger partial charge in [0.2, 0.25) is 0 Å². The smallest absolute Gasteiger partial charge is 0.408 e. The number of aromatic nitrogens is 1. The normalized spacial score (nSPS) is 11.1. The summed E-state index contributed by atoms with van der Waals surface area (Å²) in [6.45, 7) is 2.85. The third-order valence-electron chi connectivity index (χ3n) is 3.11. The highest BCUT2D eigenvalue weighted by molar-refractivity contribution is 7.12. The zero-order chi connectivity index (χ0) is 14.1. The first kappa shape index (κ1) is 12.8. The molecule has 0 spiro atoms. The summed E-state index contributed by atoms with van der Waals surface area (Å²) in [5, 5.41) is 3.29. The molecule has 104 valence electrons. The van der Waals surface area contributed by atoms with Gasteiger partial charge in [-0.25, -0.2) is 4.79 Å². The summed E-state index contributed by atoms with van der Waals surface area (Å²) in [6, 6.07) is 7.71. The molecule has 6 heteroatoms. The van der Waals surface area contributed by atoms with Crippen LogP contribution in [-0.4, -0.2) is 4.98 Å². The molecule has 3 rings (SSSR count). The summed E-state index contributed by atoms with van der Waals surface area (Å²) in [6.07, 6.45) is 1.05. The molecule has 0 saturated heterocycles. The van der Waals surface area contributed by atoms with Crippen LogP contribution < -0.4 is 16.8 Å². The number of nitrogen functional groups attached to an aromatic ring is 1. The monoisotopic (exact) mass is 289 g/mol. The molecule has 0 aliphatic heterocycles. The van der Waals surface area contributed by atoms with E-state index in [4.69, 9.17) is 10.2 Å². The molecule has 1 aromatic carbocycles. The average molecular weight is 289 g/mol. The molecule has 0 fully saturated rings. The quantitative estimate of drug-likeness (QED) is 0.645. The molecule has 4 N–H and O–H groups in total. The van der Waals surface area contributed by atoms with E-state index in [0.717, 1.165) is 12.1 Å². The number of benzene rings is 1. The van der Waals surface area contributed by atoms with Crippen molar-refractivity contribution in [2.75, 3.05) is 11.1 Å². The first-order chi connectivity index (χ1) is 9.65. The maximum absolute atomic E-state index is 11.1. The van der Waals surface area contributed by atoms with E-state index in [9.17, 15) is 4.79 Å². The fourth-order valence-corrected chi connectivity index (χ4v) is 2.95. The van der Waals surface area contributed by atoms with E-state index in [1.807, 2.05) is 0 Å². The Morgan fingerprint density at radius 1 is 1.35 bits per heavy atom. The molecular weight excluding hydrogens is 274 g/mol. The van der Waals surface area contributed by atoms with Gasteiger partial charge in [0.05, 0.1) is 16.9 Å². The van der Waals surface area contributed by atoms with Crippen molar-refractivity contribution in [2.24, 2.45) is 0 Å². The second kappa shape index (κ2) is 5.05. The number of aryl methyl sites for hydroxylation is 1. The van der Waals surface area contributed by atoms with Gasteiger partial charge in [-0.15, -0.1) is 11.3 Å². The molecule has 0 radical (unpaired) electrons. The summed E-state index contributed by atoms with van der Waals surface area (Å²) in [5.74, 6) is -0.470. The van der Waals surface area contributed by atoms with Crippen LogP contribution in [0.5, 0.6) is 0 Å². The second-order valence-electron chi connectivity index (χ2n) is 4.53. The number of oxazole rings is 1. The SMILES string of the molecule is CCc1ccc(CNc2cc3[nH]c(=O)oc3cc2N)s1. The number of nitrogens with one attached hydrogen (secondary N) is 2. The highest BCUT2D eigenvalue weighted by Gasteiger charge is 2.07. The number of rotatable bonds is 4. The fourth-order valence-electron chi connectivity index (χ4n) is 2.06. The molecule has 2 aromatic heterocycles. The Morgan fingerprint density at radius 2 is 2.15 bits per heavy atom. The summed E-state index contributed by atoms with van der Waals surface area (Å²) in [7, 11) is 0. The largest absolute Gasteiger partial charge is 0.417 e. The average Bonchev–Trinajstić information content (AvgIpc) is 3.01. The van der Waals surface area contributed by atoms with Gasteiger partial charge in [0.15, 0.2) is 5.58 Å². The Bertz CT molecular complexity index is 800. The van der Waals surface area contributed by atoms with Crippen LogP contribution in [0.3, 0.4) is 0 Å². The van der Waals surface area contributed by atoms with Gasteiger partial charge >= 0.3 is 5.76 Å². The van der Waals surface area contributed by atoms with Gasteiger partial charge in [-0.05, 0) is 24.6 Å². The Balaban J connectivity index is 1.82. The number of H-pyrrole nitrogens is 1. The first-order valence-electron chi connectivity index (χ1n) is 6.39. The van der Waals surface area contributed by atoms with Crippen molar-refractivity contribution >= 4 is 33.8 Å². The van der Waals surface area contributed by atoms with Crippen molar-refractivity contribution in [1.82, 2.24) is 4.98 Å².